The zero-order valence-electron chi connectivity index (χ0n) is 11.8. The molecule has 0 saturated carbocycles. The van der Waals surface area contributed by atoms with Crippen molar-refractivity contribution in [2.24, 2.45) is 0 Å². The van der Waals surface area contributed by atoms with E-state index in [1.54, 1.807) is 0 Å². The summed E-state index contributed by atoms with van der Waals surface area (Å²) in [6.07, 6.45) is 1.22. The maximum Gasteiger partial charge on any atom is 0.218 e. The third-order valence-electron chi connectivity index (χ3n) is 3.86. The molecule has 3 rings (SSSR count). The van der Waals surface area contributed by atoms with Crippen molar-refractivity contribution >= 4 is 10.9 Å². The van der Waals surface area contributed by atoms with Crippen molar-refractivity contribution in [2.45, 2.75) is 39.8 Å². The highest BCUT2D eigenvalue weighted by Gasteiger charge is 2.18. The Hall–Kier alpha value is -1.61. The molecule has 1 atom stereocenters. The number of benzene rings is 1. The van der Waals surface area contributed by atoms with Gasteiger partial charge in [-0.3, -0.25) is 0 Å². The Bertz CT molecular complexity index is 622. The zero-order chi connectivity index (χ0) is 13.4. The van der Waals surface area contributed by atoms with E-state index in [2.05, 4.69) is 44.3 Å². The van der Waals surface area contributed by atoms with E-state index >= 15 is 0 Å². The highest BCUT2D eigenvalue weighted by molar-refractivity contribution is 5.86. The lowest BCUT2D eigenvalue weighted by atomic mass is 10.0. The van der Waals surface area contributed by atoms with Crippen LogP contribution in [0.1, 0.15) is 30.0 Å². The molecule has 100 valence electrons. The average Bonchev–Trinajstić information content (AvgIpc) is 2.62. The van der Waals surface area contributed by atoms with E-state index in [-0.39, 0.29) is 6.10 Å². The van der Waals surface area contributed by atoms with Crippen LogP contribution in [-0.4, -0.2) is 17.6 Å². The van der Waals surface area contributed by atoms with Crippen molar-refractivity contribution in [3.63, 3.8) is 0 Å². The molecule has 1 aromatic carbocycles. The molecule has 1 aliphatic rings. The quantitative estimate of drug-likeness (QED) is 0.851. The molecule has 1 N–H and O–H groups in total. The number of hydrogen-bond acceptors (Lipinski definition) is 3. The van der Waals surface area contributed by atoms with Crippen LogP contribution in [0.4, 0.5) is 0 Å². The molecular weight excluding hydrogens is 236 g/mol. The Morgan fingerprint density at radius 2 is 2.11 bits per heavy atom. The van der Waals surface area contributed by atoms with Gasteiger partial charge in [0.2, 0.25) is 5.88 Å². The van der Waals surface area contributed by atoms with Crippen molar-refractivity contribution in [3.8, 4) is 5.88 Å². The maximum absolute atomic E-state index is 6.04. The highest BCUT2D eigenvalue weighted by Crippen LogP contribution is 2.28. The van der Waals surface area contributed by atoms with Crippen molar-refractivity contribution in [1.82, 2.24) is 10.3 Å². The van der Waals surface area contributed by atoms with Crippen molar-refractivity contribution < 1.29 is 4.74 Å². The summed E-state index contributed by atoms with van der Waals surface area (Å²) in [6.45, 7) is 8.11. The van der Waals surface area contributed by atoms with E-state index in [1.807, 2.05) is 0 Å². The predicted molar refractivity (Wildman–Crippen MR) is 77.6 cm³/mol. The van der Waals surface area contributed by atoms with E-state index in [1.165, 1.54) is 16.5 Å². The summed E-state index contributed by atoms with van der Waals surface area (Å²) in [6, 6.07) is 6.51. The second kappa shape index (κ2) is 4.82. The number of nitrogens with zero attached hydrogens (tertiary/aromatic N) is 1. The summed E-state index contributed by atoms with van der Waals surface area (Å²) in [5, 5.41) is 4.67. The Labute approximate surface area is 114 Å². The first-order valence-electron chi connectivity index (χ1n) is 6.96. The molecule has 3 heteroatoms. The van der Waals surface area contributed by atoms with E-state index in [0.717, 1.165) is 36.5 Å². The fourth-order valence-electron chi connectivity index (χ4n) is 2.58. The summed E-state index contributed by atoms with van der Waals surface area (Å²) in [4.78, 5) is 4.77. The number of pyridine rings is 1. The lowest BCUT2D eigenvalue weighted by molar-refractivity contribution is 0.195. The molecule has 19 heavy (non-hydrogen) atoms. The van der Waals surface area contributed by atoms with Crippen molar-refractivity contribution in [2.75, 3.05) is 6.54 Å². The van der Waals surface area contributed by atoms with E-state index in [4.69, 9.17) is 9.72 Å². The van der Waals surface area contributed by atoms with Gasteiger partial charge in [-0.05, 0) is 37.5 Å². The second-order valence-corrected chi connectivity index (χ2v) is 5.33. The average molecular weight is 256 g/mol. The first kappa shape index (κ1) is 12.4. The molecule has 0 radical (unpaired) electrons. The van der Waals surface area contributed by atoms with E-state index < -0.39 is 0 Å². The van der Waals surface area contributed by atoms with Crippen LogP contribution in [0, 0.1) is 13.8 Å². The lowest BCUT2D eigenvalue weighted by Crippen LogP contribution is -2.27. The standard InChI is InChI=1S/C16H20N2O/c1-4-13-9-17-8-12-7-14-10(2)5-6-11(3)15(14)18-16(12)19-13/h5-7,13,17H,4,8-9H2,1-3H3/t13-/m1/s1. The second-order valence-electron chi connectivity index (χ2n) is 5.33. The third kappa shape index (κ3) is 2.19. The normalized spacial score (nSPS) is 18.8. The van der Waals surface area contributed by atoms with Crippen LogP contribution in [0.25, 0.3) is 10.9 Å². The Balaban J connectivity index is 2.18. The molecular formula is C16H20N2O. The lowest BCUT2D eigenvalue weighted by Gasteiger charge is -2.15. The molecule has 2 heterocycles. The molecule has 0 saturated heterocycles. The summed E-state index contributed by atoms with van der Waals surface area (Å²) in [7, 11) is 0. The molecule has 3 nitrogen and oxygen atoms in total. The van der Waals surface area contributed by atoms with Gasteiger partial charge in [0.1, 0.15) is 6.10 Å². The SMILES string of the molecule is CC[C@@H]1CNCc2cc3c(C)ccc(C)c3nc2O1. The predicted octanol–water partition coefficient (Wildman–Crippen LogP) is 3.11. The molecule has 0 unspecified atom stereocenters. The van der Waals surface area contributed by atoms with Gasteiger partial charge >= 0.3 is 0 Å². The number of aryl methyl sites for hydroxylation is 2. The van der Waals surface area contributed by atoms with Gasteiger partial charge in [0.25, 0.3) is 0 Å². The topological polar surface area (TPSA) is 34.2 Å². The molecule has 0 spiro atoms. The van der Waals surface area contributed by atoms with Gasteiger partial charge < -0.3 is 10.1 Å². The zero-order valence-corrected chi connectivity index (χ0v) is 11.8. The molecule has 0 bridgehead atoms. The maximum atomic E-state index is 6.04. The number of aromatic nitrogens is 1. The third-order valence-corrected chi connectivity index (χ3v) is 3.86. The van der Waals surface area contributed by atoms with Crippen LogP contribution in [-0.2, 0) is 6.54 Å². The first-order chi connectivity index (χ1) is 9.19. The van der Waals surface area contributed by atoms with Crippen molar-refractivity contribution in [1.29, 1.82) is 0 Å². The highest BCUT2D eigenvalue weighted by atomic mass is 16.5. The Morgan fingerprint density at radius 3 is 2.89 bits per heavy atom. The minimum atomic E-state index is 0.219. The minimum Gasteiger partial charge on any atom is -0.473 e. The summed E-state index contributed by atoms with van der Waals surface area (Å²) in [5.41, 5.74) is 4.71. The molecule has 0 amide bonds. The van der Waals surface area contributed by atoms with Gasteiger partial charge in [0.15, 0.2) is 0 Å². The fraction of sp³-hybridized carbons (Fsp3) is 0.438. The van der Waals surface area contributed by atoms with Crippen LogP contribution >= 0.6 is 0 Å². The smallest absolute Gasteiger partial charge is 0.218 e. The summed E-state index contributed by atoms with van der Waals surface area (Å²) >= 11 is 0. The molecule has 1 aromatic heterocycles. The fourth-order valence-corrected chi connectivity index (χ4v) is 2.58. The van der Waals surface area contributed by atoms with E-state index in [0.29, 0.717) is 0 Å². The monoisotopic (exact) mass is 256 g/mol. The van der Waals surface area contributed by atoms with Gasteiger partial charge in [-0.25, -0.2) is 4.98 Å². The molecule has 0 fully saturated rings. The summed E-state index contributed by atoms with van der Waals surface area (Å²) < 4.78 is 6.04. The number of hydrogen-bond donors (Lipinski definition) is 1. The summed E-state index contributed by atoms with van der Waals surface area (Å²) in [5.74, 6) is 0.804. The number of fused-ring (bicyclic) bond motifs is 2. The van der Waals surface area contributed by atoms with E-state index in [9.17, 15) is 0 Å². The van der Waals surface area contributed by atoms with Crippen LogP contribution in [0.15, 0.2) is 18.2 Å². The van der Waals surface area contributed by atoms with Crippen molar-refractivity contribution in [3.05, 3.63) is 34.9 Å². The van der Waals surface area contributed by atoms with Crippen LogP contribution in [0.3, 0.4) is 0 Å². The molecule has 0 aliphatic carbocycles. The van der Waals surface area contributed by atoms with Crippen LogP contribution < -0.4 is 10.1 Å². The van der Waals surface area contributed by atoms with Crippen LogP contribution in [0.2, 0.25) is 0 Å². The Kier molecular flexibility index (Phi) is 3.15. The van der Waals surface area contributed by atoms with Gasteiger partial charge in [0.05, 0.1) is 5.52 Å². The van der Waals surface area contributed by atoms with Gasteiger partial charge in [-0.2, -0.15) is 0 Å². The number of ether oxygens (including phenoxy) is 1. The first-order valence-corrected chi connectivity index (χ1v) is 6.96. The Morgan fingerprint density at radius 1 is 1.32 bits per heavy atom. The molecule has 2 aromatic rings. The minimum absolute atomic E-state index is 0.219. The number of rotatable bonds is 1. The molecule has 1 aliphatic heterocycles. The van der Waals surface area contributed by atoms with Crippen LogP contribution in [0.5, 0.6) is 5.88 Å². The van der Waals surface area contributed by atoms with Gasteiger partial charge in [0, 0.05) is 24.0 Å². The largest absolute Gasteiger partial charge is 0.473 e. The number of nitrogens with one attached hydrogen (secondary N) is 1. The van der Waals surface area contributed by atoms with Gasteiger partial charge in [-0.15, -0.1) is 0 Å². The van der Waals surface area contributed by atoms with Gasteiger partial charge in [-0.1, -0.05) is 19.1 Å².